The maximum Gasteiger partial charge on any atom is 0.387 e. The number of ether oxygens (including phenoxy) is 1. The lowest BCUT2D eigenvalue weighted by atomic mass is 9.98. The topological polar surface area (TPSA) is 24.5 Å². The van der Waals surface area contributed by atoms with Gasteiger partial charge in [0.25, 0.3) is 0 Å². The second kappa shape index (κ2) is 7.97. The Bertz CT molecular complexity index is 521. The van der Waals surface area contributed by atoms with E-state index in [1.54, 1.807) is 12.1 Å². The van der Waals surface area contributed by atoms with E-state index in [4.69, 9.17) is 11.6 Å². The number of nitrogens with one attached hydrogen (secondary N) is 1. The molecule has 3 rings (SSSR count). The average Bonchev–Trinajstić information content (AvgIpc) is 2.80. The molecular weight excluding hydrogens is 345 g/mol. The third kappa shape index (κ3) is 4.69. The summed E-state index contributed by atoms with van der Waals surface area (Å²) in [6.45, 7) is -2.26. The fourth-order valence-electron chi connectivity index (χ4n) is 3.67. The quantitative estimate of drug-likeness (QED) is 0.849. The number of piperidine rings is 1. The van der Waals surface area contributed by atoms with Crippen LogP contribution in [-0.2, 0) is 6.54 Å². The zero-order valence-electron chi connectivity index (χ0n) is 13.0. The molecule has 0 radical (unpaired) electrons. The van der Waals surface area contributed by atoms with Crippen LogP contribution in [0, 0.1) is 0 Å². The Morgan fingerprint density at radius 2 is 1.96 bits per heavy atom. The SMILES string of the molecule is CN(Cc1cc(Cl)ccc1OC(F)F)C1CC2CCC(C1)N2.Cl. The van der Waals surface area contributed by atoms with Gasteiger partial charge in [-0.2, -0.15) is 8.78 Å². The van der Waals surface area contributed by atoms with Crippen LogP contribution in [0.5, 0.6) is 5.75 Å². The second-order valence-electron chi connectivity index (χ2n) is 6.31. The zero-order chi connectivity index (χ0) is 15.7. The van der Waals surface area contributed by atoms with Crippen molar-refractivity contribution >= 4 is 24.0 Å². The van der Waals surface area contributed by atoms with E-state index >= 15 is 0 Å². The predicted octanol–water partition coefficient (Wildman–Crippen LogP) is 4.08. The third-order valence-electron chi connectivity index (χ3n) is 4.73. The number of halogens is 4. The van der Waals surface area contributed by atoms with E-state index in [0.717, 1.165) is 12.8 Å². The highest BCUT2D eigenvalue weighted by molar-refractivity contribution is 6.30. The third-order valence-corrected chi connectivity index (χ3v) is 4.96. The van der Waals surface area contributed by atoms with Crippen molar-refractivity contribution in [2.24, 2.45) is 0 Å². The zero-order valence-corrected chi connectivity index (χ0v) is 14.5. The van der Waals surface area contributed by atoms with Crippen molar-refractivity contribution in [3.05, 3.63) is 28.8 Å². The molecule has 2 heterocycles. The number of alkyl halides is 2. The standard InChI is InChI=1S/C16H21ClF2N2O.ClH/c1-21(14-7-12-3-4-13(8-14)20-12)9-10-6-11(17)2-5-15(10)22-16(18)19;/h2,5-6,12-14,16,20H,3-4,7-9H2,1H3;1H. The van der Waals surface area contributed by atoms with Crippen LogP contribution < -0.4 is 10.1 Å². The molecule has 0 aliphatic carbocycles. The van der Waals surface area contributed by atoms with Crippen LogP contribution in [0.15, 0.2) is 18.2 Å². The number of hydrogen-bond acceptors (Lipinski definition) is 3. The molecule has 0 spiro atoms. The van der Waals surface area contributed by atoms with Gasteiger partial charge in [-0.25, -0.2) is 0 Å². The molecule has 1 N–H and O–H groups in total. The van der Waals surface area contributed by atoms with Gasteiger partial charge in [0.15, 0.2) is 0 Å². The lowest BCUT2D eigenvalue weighted by Gasteiger charge is -2.35. The monoisotopic (exact) mass is 366 g/mol. The van der Waals surface area contributed by atoms with Crippen molar-refractivity contribution in [3.8, 4) is 5.75 Å². The number of nitrogens with zero attached hydrogens (tertiary/aromatic N) is 1. The fraction of sp³-hybridized carbons (Fsp3) is 0.625. The molecule has 130 valence electrons. The average molecular weight is 367 g/mol. The Hall–Kier alpha value is -0.620. The summed E-state index contributed by atoms with van der Waals surface area (Å²) in [5.41, 5.74) is 0.709. The summed E-state index contributed by atoms with van der Waals surface area (Å²) in [4.78, 5) is 2.23. The van der Waals surface area contributed by atoms with Crippen molar-refractivity contribution in [1.29, 1.82) is 0 Å². The summed E-state index contributed by atoms with van der Waals surface area (Å²) in [6, 6.07) is 6.48. The van der Waals surface area contributed by atoms with E-state index in [1.807, 2.05) is 7.05 Å². The normalized spacial score (nSPS) is 26.4. The molecular formula is C16H22Cl2F2N2O. The van der Waals surface area contributed by atoms with Crippen molar-refractivity contribution in [2.75, 3.05) is 7.05 Å². The van der Waals surface area contributed by atoms with Crippen LogP contribution in [0.2, 0.25) is 5.02 Å². The van der Waals surface area contributed by atoms with Crippen LogP contribution in [0.3, 0.4) is 0 Å². The molecule has 23 heavy (non-hydrogen) atoms. The summed E-state index contributed by atoms with van der Waals surface area (Å²) < 4.78 is 29.7. The molecule has 1 aromatic carbocycles. The molecule has 2 aliphatic rings. The minimum atomic E-state index is -2.82. The summed E-state index contributed by atoms with van der Waals surface area (Å²) in [5, 5.41) is 4.15. The van der Waals surface area contributed by atoms with Gasteiger partial charge >= 0.3 is 6.61 Å². The molecule has 2 unspecified atom stereocenters. The number of fused-ring (bicyclic) bond motifs is 2. The van der Waals surface area contributed by atoms with Gasteiger partial charge in [0.1, 0.15) is 5.75 Å². The molecule has 0 amide bonds. The Morgan fingerprint density at radius 1 is 1.30 bits per heavy atom. The predicted molar refractivity (Wildman–Crippen MR) is 89.8 cm³/mol. The highest BCUT2D eigenvalue weighted by Gasteiger charge is 2.35. The van der Waals surface area contributed by atoms with Gasteiger partial charge < -0.3 is 10.1 Å². The van der Waals surface area contributed by atoms with Crippen LogP contribution >= 0.6 is 24.0 Å². The summed E-state index contributed by atoms with van der Waals surface area (Å²) >= 11 is 6.01. The molecule has 0 saturated carbocycles. The first kappa shape index (κ1) is 18.7. The Labute approximate surface area is 146 Å². The second-order valence-corrected chi connectivity index (χ2v) is 6.75. The number of benzene rings is 1. The van der Waals surface area contributed by atoms with Crippen molar-refractivity contribution in [2.45, 2.75) is 57.0 Å². The van der Waals surface area contributed by atoms with E-state index < -0.39 is 6.61 Å². The Kier molecular flexibility index (Phi) is 6.48. The summed E-state index contributed by atoms with van der Waals surface area (Å²) in [6.07, 6.45) is 4.70. The molecule has 0 aromatic heterocycles. The molecule has 2 saturated heterocycles. The lowest BCUT2D eigenvalue weighted by Crippen LogP contribution is -2.46. The first-order chi connectivity index (χ1) is 10.5. The fourth-order valence-corrected chi connectivity index (χ4v) is 3.86. The van der Waals surface area contributed by atoms with Gasteiger partial charge in [-0.3, -0.25) is 4.90 Å². The minimum absolute atomic E-state index is 0. The van der Waals surface area contributed by atoms with Gasteiger partial charge in [-0.1, -0.05) is 11.6 Å². The largest absolute Gasteiger partial charge is 0.434 e. The first-order valence-electron chi connectivity index (χ1n) is 7.71. The van der Waals surface area contributed by atoms with Gasteiger partial charge in [-0.15, -0.1) is 12.4 Å². The summed E-state index contributed by atoms with van der Waals surface area (Å²) in [5.74, 6) is 0.211. The van der Waals surface area contributed by atoms with E-state index in [9.17, 15) is 8.78 Å². The van der Waals surface area contributed by atoms with Gasteiger partial charge in [0.2, 0.25) is 0 Å². The highest BCUT2D eigenvalue weighted by atomic mass is 35.5. The molecule has 2 atom stereocenters. The highest BCUT2D eigenvalue weighted by Crippen LogP contribution is 2.31. The maximum atomic E-state index is 12.5. The molecule has 3 nitrogen and oxygen atoms in total. The van der Waals surface area contributed by atoms with E-state index in [2.05, 4.69) is 15.0 Å². The molecule has 2 fully saturated rings. The molecule has 7 heteroatoms. The number of hydrogen-bond donors (Lipinski definition) is 1. The smallest absolute Gasteiger partial charge is 0.387 e. The van der Waals surface area contributed by atoms with E-state index in [1.165, 1.54) is 18.9 Å². The maximum absolute atomic E-state index is 12.5. The van der Waals surface area contributed by atoms with Crippen LogP contribution in [0.25, 0.3) is 0 Å². The van der Waals surface area contributed by atoms with Crippen molar-refractivity contribution in [3.63, 3.8) is 0 Å². The van der Waals surface area contributed by atoms with Crippen LogP contribution in [0.1, 0.15) is 31.2 Å². The van der Waals surface area contributed by atoms with E-state index in [0.29, 0.717) is 35.3 Å². The van der Waals surface area contributed by atoms with Gasteiger partial charge in [0.05, 0.1) is 0 Å². The Morgan fingerprint density at radius 3 is 2.57 bits per heavy atom. The van der Waals surface area contributed by atoms with Gasteiger partial charge in [-0.05, 0) is 50.9 Å². The molecule has 2 bridgehead atoms. The van der Waals surface area contributed by atoms with Crippen molar-refractivity contribution < 1.29 is 13.5 Å². The Balaban J connectivity index is 0.00000192. The van der Waals surface area contributed by atoms with Crippen molar-refractivity contribution in [1.82, 2.24) is 10.2 Å². The van der Waals surface area contributed by atoms with E-state index in [-0.39, 0.29) is 18.2 Å². The van der Waals surface area contributed by atoms with Crippen LogP contribution in [0.4, 0.5) is 8.78 Å². The lowest BCUT2D eigenvalue weighted by molar-refractivity contribution is -0.0508. The molecule has 2 aliphatic heterocycles. The first-order valence-corrected chi connectivity index (χ1v) is 8.08. The van der Waals surface area contributed by atoms with Crippen LogP contribution in [-0.4, -0.2) is 36.7 Å². The van der Waals surface area contributed by atoms with Gasteiger partial charge in [0, 0.05) is 35.3 Å². The summed E-state index contributed by atoms with van der Waals surface area (Å²) in [7, 11) is 2.04. The minimum Gasteiger partial charge on any atom is -0.434 e. The molecule has 1 aromatic rings. The number of rotatable bonds is 5.